The molecule has 0 aromatic carbocycles. The average molecular weight is 353 g/mol. The predicted molar refractivity (Wildman–Crippen MR) is 98.2 cm³/mol. The number of amides is 2. The highest BCUT2D eigenvalue weighted by molar-refractivity contribution is 5.89. The highest BCUT2D eigenvalue weighted by Gasteiger charge is 2.33. The van der Waals surface area contributed by atoms with E-state index < -0.39 is 0 Å². The molecule has 0 radical (unpaired) electrons. The van der Waals surface area contributed by atoms with Crippen molar-refractivity contribution in [2.45, 2.75) is 19.9 Å². The second kappa shape index (κ2) is 8.42. The van der Waals surface area contributed by atoms with Crippen LogP contribution in [0.15, 0.2) is 42.9 Å². The van der Waals surface area contributed by atoms with E-state index in [9.17, 15) is 9.59 Å². The molecule has 1 unspecified atom stereocenters. The summed E-state index contributed by atoms with van der Waals surface area (Å²) in [5.41, 5.74) is 2.10. The summed E-state index contributed by atoms with van der Waals surface area (Å²) in [5, 5.41) is 6.07. The standard InChI is InChI=1S/C19H23N5O2/c1-14-4-6-21-17(9-14)22-7-8-23-19(26)16-10-18(25)24(13-16)12-15-3-2-5-20-11-15/h2-6,9,11,16H,7-8,10,12-13H2,1H3,(H,21,22)(H,23,26). The SMILES string of the molecule is Cc1ccnc(NCCNC(=O)C2CC(=O)N(Cc3cccnc3)C2)c1. The van der Waals surface area contributed by atoms with Crippen LogP contribution in [0.1, 0.15) is 17.5 Å². The first-order chi connectivity index (χ1) is 12.6. The molecule has 3 heterocycles. The van der Waals surface area contributed by atoms with Crippen molar-refractivity contribution in [1.29, 1.82) is 0 Å². The van der Waals surface area contributed by atoms with Crippen molar-refractivity contribution in [3.8, 4) is 0 Å². The third kappa shape index (κ3) is 4.78. The lowest BCUT2D eigenvalue weighted by atomic mass is 10.1. The lowest BCUT2D eigenvalue weighted by Crippen LogP contribution is -2.35. The molecule has 136 valence electrons. The molecule has 0 bridgehead atoms. The fourth-order valence-corrected chi connectivity index (χ4v) is 2.97. The Morgan fingerprint density at radius 3 is 2.96 bits per heavy atom. The first kappa shape index (κ1) is 17.8. The second-order valence-corrected chi connectivity index (χ2v) is 6.47. The molecule has 1 saturated heterocycles. The van der Waals surface area contributed by atoms with E-state index in [-0.39, 0.29) is 24.2 Å². The summed E-state index contributed by atoms with van der Waals surface area (Å²) in [6.07, 6.45) is 5.45. The van der Waals surface area contributed by atoms with E-state index in [0.29, 0.717) is 26.2 Å². The number of hydrogen-bond donors (Lipinski definition) is 2. The molecule has 1 aliphatic heterocycles. The van der Waals surface area contributed by atoms with Gasteiger partial charge in [-0.3, -0.25) is 14.6 Å². The Labute approximate surface area is 152 Å². The Hall–Kier alpha value is -2.96. The third-order valence-electron chi connectivity index (χ3n) is 4.33. The van der Waals surface area contributed by atoms with Crippen LogP contribution in [-0.2, 0) is 16.1 Å². The van der Waals surface area contributed by atoms with Gasteiger partial charge < -0.3 is 15.5 Å². The molecule has 2 amide bonds. The fourth-order valence-electron chi connectivity index (χ4n) is 2.97. The van der Waals surface area contributed by atoms with Gasteiger partial charge in [0.1, 0.15) is 5.82 Å². The number of anilines is 1. The smallest absolute Gasteiger partial charge is 0.225 e. The van der Waals surface area contributed by atoms with Crippen molar-refractivity contribution in [3.63, 3.8) is 0 Å². The number of likely N-dealkylation sites (tertiary alicyclic amines) is 1. The summed E-state index contributed by atoms with van der Waals surface area (Å²) in [6, 6.07) is 7.66. The van der Waals surface area contributed by atoms with Crippen molar-refractivity contribution in [1.82, 2.24) is 20.2 Å². The molecule has 2 aromatic rings. The zero-order valence-corrected chi connectivity index (χ0v) is 14.8. The fraction of sp³-hybridized carbons (Fsp3) is 0.368. The summed E-state index contributed by atoms with van der Waals surface area (Å²) >= 11 is 0. The van der Waals surface area contributed by atoms with Gasteiger partial charge in [-0.05, 0) is 36.2 Å². The molecule has 3 rings (SSSR count). The van der Waals surface area contributed by atoms with Crippen LogP contribution in [0.5, 0.6) is 0 Å². The summed E-state index contributed by atoms with van der Waals surface area (Å²) < 4.78 is 0. The molecular weight excluding hydrogens is 330 g/mol. The van der Waals surface area contributed by atoms with Gasteiger partial charge in [0.2, 0.25) is 11.8 Å². The van der Waals surface area contributed by atoms with Crippen LogP contribution in [0.3, 0.4) is 0 Å². The number of nitrogens with one attached hydrogen (secondary N) is 2. The minimum atomic E-state index is -0.295. The quantitative estimate of drug-likeness (QED) is 0.734. The number of hydrogen-bond acceptors (Lipinski definition) is 5. The van der Waals surface area contributed by atoms with Gasteiger partial charge in [0.25, 0.3) is 0 Å². The normalized spacial score (nSPS) is 16.6. The third-order valence-corrected chi connectivity index (χ3v) is 4.33. The second-order valence-electron chi connectivity index (χ2n) is 6.47. The van der Waals surface area contributed by atoms with Gasteiger partial charge in [-0.25, -0.2) is 4.98 Å². The Morgan fingerprint density at radius 1 is 1.31 bits per heavy atom. The van der Waals surface area contributed by atoms with Crippen LogP contribution in [0.2, 0.25) is 0 Å². The van der Waals surface area contributed by atoms with Gasteiger partial charge in [-0.15, -0.1) is 0 Å². The molecule has 2 aromatic heterocycles. The van der Waals surface area contributed by atoms with Crippen molar-refractivity contribution >= 4 is 17.6 Å². The monoisotopic (exact) mass is 353 g/mol. The first-order valence-corrected chi connectivity index (χ1v) is 8.73. The number of rotatable bonds is 7. The molecule has 0 spiro atoms. The Bertz CT molecular complexity index is 766. The molecular formula is C19H23N5O2. The summed E-state index contributed by atoms with van der Waals surface area (Å²) in [6.45, 7) is 4.02. The first-order valence-electron chi connectivity index (χ1n) is 8.73. The number of pyridine rings is 2. The van der Waals surface area contributed by atoms with E-state index in [4.69, 9.17) is 0 Å². The summed E-state index contributed by atoms with van der Waals surface area (Å²) in [7, 11) is 0. The van der Waals surface area contributed by atoms with Crippen LogP contribution < -0.4 is 10.6 Å². The summed E-state index contributed by atoms with van der Waals surface area (Å²) in [4.78, 5) is 34.4. The molecule has 7 nitrogen and oxygen atoms in total. The van der Waals surface area contributed by atoms with Crippen molar-refractivity contribution in [3.05, 3.63) is 54.0 Å². The lowest BCUT2D eigenvalue weighted by molar-refractivity contribution is -0.129. The number of aromatic nitrogens is 2. The van der Waals surface area contributed by atoms with Crippen LogP contribution in [0, 0.1) is 12.8 Å². The molecule has 7 heteroatoms. The van der Waals surface area contributed by atoms with Crippen LogP contribution in [0.25, 0.3) is 0 Å². The van der Waals surface area contributed by atoms with Crippen molar-refractivity contribution < 1.29 is 9.59 Å². The zero-order valence-electron chi connectivity index (χ0n) is 14.8. The topological polar surface area (TPSA) is 87.2 Å². The van der Waals surface area contributed by atoms with Crippen molar-refractivity contribution in [2.75, 3.05) is 25.0 Å². The van der Waals surface area contributed by atoms with Gasteiger partial charge in [0.15, 0.2) is 0 Å². The van der Waals surface area contributed by atoms with E-state index in [1.165, 1.54) is 0 Å². The number of aryl methyl sites for hydroxylation is 1. The van der Waals surface area contributed by atoms with Crippen molar-refractivity contribution in [2.24, 2.45) is 5.92 Å². The van der Waals surface area contributed by atoms with Gasteiger partial charge in [-0.2, -0.15) is 0 Å². The lowest BCUT2D eigenvalue weighted by Gasteiger charge is -2.16. The largest absolute Gasteiger partial charge is 0.368 e. The minimum absolute atomic E-state index is 0.0103. The number of carbonyl (C=O) groups excluding carboxylic acids is 2. The molecule has 1 aliphatic rings. The van der Waals surface area contributed by atoms with Crippen LogP contribution in [-0.4, -0.2) is 46.3 Å². The Balaban J connectivity index is 1.41. The summed E-state index contributed by atoms with van der Waals surface area (Å²) in [5.74, 6) is 0.427. The minimum Gasteiger partial charge on any atom is -0.368 e. The molecule has 0 saturated carbocycles. The molecule has 0 aliphatic carbocycles. The van der Waals surface area contributed by atoms with Gasteiger partial charge >= 0.3 is 0 Å². The van der Waals surface area contributed by atoms with E-state index in [2.05, 4.69) is 20.6 Å². The van der Waals surface area contributed by atoms with E-state index >= 15 is 0 Å². The van der Waals surface area contributed by atoms with Crippen LogP contribution in [0.4, 0.5) is 5.82 Å². The van der Waals surface area contributed by atoms with Gasteiger partial charge in [-0.1, -0.05) is 6.07 Å². The van der Waals surface area contributed by atoms with Gasteiger partial charge in [0.05, 0.1) is 5.92 Å². The molecule has 26 heavy (non-hydrogen) atoms. The predicted octanol–water partition coefficient (Wildman–Crippen LogP) is 1.36. The Morgan fingerprint density at radius 2 is 2.19 bits per heavy atom. The number of carbonyl (C=O) groups is 2. The highest BCUT2D eigenvalue weighted by Crippen LogP contribution is 2.20. The number of nitrogens with zero attached hydrogens (tertiary/aromatic N) is 3. The average Bonchev–Trinajstić information content (AvgIpc) is 3.00. The van der Waals surface area contributed by atoms with Gasteiger partial charge in [0, 0.05) is 51.2 Å². The maximum Gasteiger partial charge on any atom is 0.225 e. The maximum atomic E-state index is 12.3. The van der Waals surface area contributed by atoms with E-state index in [1.54, 1.807) is 23.5 Å². The van der Waals surface area contributed by atoms with Crippen LogP contribution >= 0.6 is 0 Å². The highest BCUT2D eigenvalue weighted by atomic mass is 16.2. The Kier molecular flexibility index (Phi) is 5.78. The van der Waals surface area contributed by atoms with E-state index in [0.717, 1.165) is 16.9 Å². The molecule has 1 atom stereocenters. The maximum absolute atomic E-state index is 12.3. The molecule has 2 N–H and O–H groups in total. The zero-order chi connectivity index (χ0) is 18.4. The van der Waals surface area contributed by atoms with E-state index in [1.807, 2.05) is 31.2 Å². The molecule has 1 fully saturated rings.